The van der Waals surface area contributed by atoms with Gasteiger partial charge in [0.15, 0.2) is 0 Å². The monoisotopic (exact) mass is 280 g/mol. The largest absolute Gasteiger partial charge is 0.497 e. The highest BCUT2D eigenvalue weighted by molar-refractivity contribution is 5.75. The summed E-state index contributed by atoms with van der Waals surface area (Å²) < 4.78 is 11.0. The minimum atomic E-state index is 0.120. The third kappa shape index (κ3) is 5.09. The Bertz CT molecular complexity index is 433. The van der Waals surface area contributed by atoms with Crippen molar-refractivity contribution in [2.24, 2.45) is 0 Å². The molecule has 1 aromatic rings. The third-order valence-corrected chi connectivity index (χ3v) is 2.93. The molecule has 112 valence electrons. The van der Waals surface area contributed by atoms with Gasteiger partial charge in [-0.15, -0.1) is 0 Å². The summed E-state index contributed by atoms with van der Waals surface area (Å²) in [6.45, 7) is 1.25. The fourth-order valence-electron chi connectivity index (χ4n) is 1.76. The van der Waals surface area contributed by atoms with E-state index in [-0.39, 0.29) is 5.91 Å². The van der Waals surface area contributed by atoms with E-state index in [1.54, 1.807) is 26.1 Å². The van der Waals surface area contributed by atoms with Crippen LogP contribution in [0.2, 0.25) is 0 Å². The standard InChI is InChI=1S/C15H24N2O3/c1-16-11-12-7-8-13(19-4)10-14(12)20-9-5-6-15(18)17(2)3/h7-8,10,16H,5-6,9,11H2,1-4H3. The van der Waals surface area contributed by atoms with Gasteiger partial charge in [-0.3, -0.25) is 4.79 Å². The van der Waals surface area contributed by atoms with E-state index in [0.717, 1.165) is 23.6 Å². The SMILES string of the molecule is CNCc1ccc(OC)cc1OCCCC(=O)N(C)C. The van der Waals surface area contributed by atoms with Gasteiger partial charge in [0, 0.05) is 38.7 Å². The van der Waals surface area contributed by atoms with E-state index in [0.29, 0.717) is 19.4 Å². The van der Waals surface area contributed by atoms with Crippen LogP contribution in [-0.2, 0) is 11.3 Å². The van der Waals surface area contributed by atoms with Crippen LogP contribution < -0.4 is 14.8 Å². The Morgan fingerprint density at radius 3 is 2.70 bits per heavy atom. The van der Waals surface area contributed by atoms with Crippen LogP contribution in [-0.4, -0.2) is 45.7 Å². The predicted octanol–water partition coefficient (Wildman–Crippen LogP) is 1.66. The molecular formula is C15H24N2O3. The zero-order valence-electron chi connectivity index (χ0n) is 12.7. The number of hydrogen-bond acceptors (Lipinski definition) is 4. The van der Waals surface area contributed by atoms with Gasteiger partial charge in [0.05, 0.1) is 13.7 Å². The number of amides is 1. The van der Waals surface area contributed by atoms with Gasteiger partial charge in [0.2, 0.25) is 5.91 Å². The maximum Gasteiger partial charge on any atom is 0.222 e. The lowest BCUT2D eigenvalue weighted by atomic mass is 10.2. The molecular weight excluding hydrogens is 256 g/mol. The first-order valence-corrected chi connectivity index (χ1v) is 6.73. The molecule has 0 saturated carbocycles. The maximum atomic E-state index is 11.5. The van der Waals surface area contributed by atoms with Crippen LogP contribution in [0.5, 0.6) is 11.5 Å². The average Bonchev–Trinajstić information content (AvgIpc) is 2.44. The Morgan fingerprint density at radius 2 is 2.10 bits per heavy atom. The Balaban J connectivity index is 2.54. The zero-order chi connectivity index (χ0) is 15.0. The lowest BCUT2D eigenvalue weighted by molar-refractivity contribution is -0.128. The first-order valence-electron chi connectivity index (χ1n) is 6.73. The molecule has 0 atom stereocenters. The number of carbonyl (C=O) groups excluding carboxylic acids is 1. The summed E-state index contributed by atoms with van der Waals surface area (Å²) in [7, 11) is 7.04. The van der Waals surface area contributed by atoms with Crippen molar-refractivity contribution in [3.8, 4) is 11.5 Å². The number of rotatable bonds is 8. The van der Waals surface area contributed by atoms with Crippen molar-refractivity contribution in [1.29, 1.82) is 0 Å². The summed E-state index contributed by atoms with van der Waals surface area (Å²) in [6.07, 6.45) is 1.20. The Labute approximate surface area is 120 Å². The van der Waals surface area contributed by atoms with E-state index < -0.39 is 0 Å². The van der Waals surface area contributed by atoms with Crippen LogP contribution in [0.15, 0.2) is 18.2 Å². The minimum Gasteiger partial charge on any atom is -0.497 e. The van der Waals surface area contributed by atoms with Gasteiger partial charge < -0.3 is 19.7 Å². The molecule has 0 radical (unpaired) electrons. The molecule has 0 saturated heterocycles. The predicted molar refractivity (Wildman–Crippen MR) is 79.2 cm³/mol. The van der Waals surface area contributed by atoms with Crippen molar-refractivity contribution in [1.82, 2.24) is 10.2 Å². The fourth-order valence-corrected chi connectivity index (χ4v) is 1.76. The normalized spacial score (nSPS) is 10.2. The molecule has 0 heterocycles. The summed E-state index contributed by atoms with van der Waals surface area (Å²) in [5.74, 6) is 1.69. The van der Waals surface area contributed by atoms with Gasteiger partial charge in [0.25, 0.3) is 0 Å². The zero-order valence-corrected chi connectivity index (χ0v) is 12.7. The van der Waals surface area contributed by atoms with Crippen LogP contribution in [0.4, 0.5) is 0 Å². The Hall–Kier alpha value is -1.75. The molecule has 1 aromatic carbocycles. The van der Waals surface area contributed by atoms with Crippen LogP contribution in [0.3, 0.4) is 0 Å². The number of methoxy groups -OCH3 is 1. The number of carbonyl (C=O) groups is 1. The first-order chi connectivity index (χ1) is 9.58. The van der Waals surface area contributed by atoms with Gasteiger partial charge in [0.1, 0.15) is 11.5 Å². The van der Waals surface area contributed by atoms with Crippen molar-refractivity contribution in [3.05, 3.63) is 23.8 Å². The van der Waals surface area contributed by atoms with E-state index in [1.165, 1.54) is 0 Å². The van der Waals surface area contributed by atoms with Gasteiger partial charge >= 0.3 is 0 Å². The number of nitrogens with one attached hydrogen (secondary N) is 1. The van der Waals surface area contributed by atoms with Crippen LogP contribution in [0.25, 0.3) is 0 Å². The number of benzene rings is 1. The summed E-state index contributed by atoms with van der Waals surface area (Å²) >= 11 is 0. The summed E-state index contributed by atoms with van der Waals surface area (Å²) in [6, 6.07) is 5.77. The van der Waals surface area contributed by atoms with Gasteiger partial charge in [-0.1, -0.05) is 6.07 Å². The molecule has 0 bridgehead atoms. The first kappa shape index (κ1) is 16.3. The highest BCUT2D eigenvalue weighted by Gasteiger charge is 2.07. The summed E-state index contributed by atoms with van der Waals surface area (Å²) in [5, 5.41) is 3.10. The van der Waals surface area contributed by atoms with Crippen LogP contribution in [0.1, 0.15) is 18.4 Å². The second-order valence-electron chi connectivity index (χ2n) is 4.74. The van der Waals surface area contributed by atoms with E-state index in [4.69, 9.17) is 9.47 Å². The molecule has 1 N–H and O–H groups in total. The highest BCUT2D eigenvalue weighted by Crippen LogP contribution is 2.25. The van der Waals surface area contributed by atoms with E-state index in [1.807, 2.05) is 25.2 Å². The smallest absolute Gasteiger partial charge is 0.222 e. The number of ether oxygens (including phenoxy) is 2. The molecule has 0 fully saturated rings. The molecule has 0 aliphatic rings. The molecule has 1 amide bonds. The third-order valence-electron chi connectivity index (χ3n) is 2.93. The van der Waals surface area contributed by atoms with Gasteiger partial charge in [-0.2, -0.15) is 0 Å². The second kappa shape index (κ2) is 8.43. The average molecular weight is 280 g/mol. The molecule has 0 aliphatic carbocycles. The molecule has 5 nitrogen and oxygen atoms in total. The molecule has 0 spiro atoms. The summed E-state index contributed by atoms with van der Waals surface area (Å²) in [5.41, 5.74) is 1.08. The molecule has 5 heteroatoms. The van der Waals surface area contributed by atoms with Gasteiger partial charge in [-0.05, 0) is 19.5 Å². The lowest BCUT2D eigenvalue weighted by Crippen LogP contribution is -2.21. The lowest BCUT2D eigenvalue weighted by Gasteiger charge is -2.14. The minimum absolute atomic E-state index is 0.120. The Kier molecular flexibility index (Phi) is 6.87. The Morgan fingerprint density at radius 1 is 1.35 bits per heavy atom. The van der Waals surface area contributed by atoms with Gasteiger partial charge in [-0.25, -0.2) is 0 Å². The van der Waals surface area contributed by atoms with Crippen molar-refractivity contribution in [2.75, 3.05) is 34.9 Å². The van der Waals surface area contributed by atoms with Crippen molar-refractivity contribution < 1.29 is 14.3 Å². The van der Waals surface area contributed by atoms with Crippen LogP contribution in [0, 0.1) is 0 Å². The molecule has 0 unspecified atom stereocenters. The fraction of sp³-hybridized carbons (Fsp3) is 0.533. The summed E-state index contributed by atoms with van der Waals surface area (Å²) in [4.78, 5) is 13.1. The molecule has 20 heavy (non-hydrogen) atoms. The van der Waals surface area contributed by atoms with E-state index >= 15 is 0 Å². The highest BCUT2D eigenvalue weighted by atomic mass is 16.5. The maximum absolute atomic E-state index is 11.5. The van der Waals surface area contributed by atoms with Crippen LogP contribution >= 0.6 is 0 Å². The molecule has 1 rings (SSSR count). The number of nitrogens with zero attached hydrogens (tertiary/aromatic N) is 1. The quantitative estimate of drug-likeness (QED) is 0.736. The second-order valence-corrected chi connectivity index (χ2v) is 4.74. The van der Waals surface area contributed by atoms with Crippen molar-refractivity contribution in [2.45, 2.75) is 19.4 Å². The van der Waals surface area contributed by atoms with E-state index in [2.05, 4.69) is 5.32 Å². The molecule has 0 aliphatic heterocycles. The van der Waals surface area contributed by atoms with Crippen molar-refractivity contribution in [3.63, 3.8) is 0 Å². The molecule has 0 aromatic heterocycles. The topological polar surface area (TPSA) is 50.8 Å². The van der Waals surface area contributed by atoms with Crippen molar-refractivity contribution >= 4 is 5.91 Å². The van der Waals surface area contributed by atoms with E-state index in [9.17, 15) is 4.79 Å². The number of hydrogen-bond donors (Lipinski definition) is 1.